The smallest absolute Gasteiger partial charge is 0.330 e. The molecular weight excluding hydrogens is 370 g/mol. The average molecular weight is 406 g/mol. The zero-order valence-corrected chi connectivity index (χ0v) is 18.1. The van der Waals surface area contributed by atoms with E-state index in [1.807, 2.05) is 27.7 Å². The van der Waals surface area contributed by atoms with Gasteiger partial charge < -0.3 is 10.6 Å². The molecule has 29 heavy (non-hydrogen) atoms. The topological polar surface area (TPSA) is 104 Å². The predicted molar refractivity (Wildman–Crippen MR) is 115 cm³/mol. The van der Waals surface area contributed by atoms with Crippen molar-refractivity contribution in [2.24, 2.45) is 17.8 Å². The number of aromatic amines is 1. The van der Waals surface area contributed by atoms with E-state index in [2.05, 4.69) is 9.88 Å². The maximum atomic E-state index is 13.3. The lowest BCUT2D eigenvalue weighted by atomic mass is 10.2. The molecule has 1 amide bonds. The van der Waals surface area contributed by atoms with Crippen molar-refractivity contribution in [3.05, 3.63) is 20.8 Å². The Hall–Kier alpha value is -2.09. The van der Waals surface area contributed by atoms with Crippen LogP contribution in [-0.2, 0) is 11.3 Å². The van der Waals surface area contributed by atoms with Crippen molar-refractivity contribution in [3.63, 3.8) is 0 Å². The van der Waals surface area contributed by atoms with Gasteiger partial charge in [0, 0.05) is 25.7 Å². The van der Waals surface area contributed by atoms with Crippen LogP contribution in [-0.4, -0.2) is 46.0 Å². The van der Waals surface area contributed by atoms with Crippen LogP contribution in [0.1, 0.15) is 53.4 Å². The molecule has 0 saturated heterocycles. The van der Waals surface area contributed by atoms with E-state index >= 15 is 0 Å². The summed E-state index contributed by atoms with van der Waals surface area (Å²) in [4.78, 5) is 44.4. The Morgan fingerprint density at radius 2 is 1.79 bits per heavy atom. The maximum Gasteiger partial charge on any atom is 0.330 e. The van der Waals surface area contributed by atoms with Gasteiger partial charge in [0.15, 0.2) is 5.69 Å². The standard InChI is InChI=1S/C21H35N5O3/c1-13(2)9-25(17(27)12-24(16-7-8-16)11-15-5-6-15)18-19(22)26(10-14(3)4)21(29)23-20(18)28/h13-16H,5-12,22H2,1-4H3,(H,23,28,29). The van der Waals surface area contributed by atoms with Crippen LogP contribution in [0.2, 0.25) is 0 Å². The second-order valence-electron chi connectivity index (χ2n) is 9.50. The number of H-pyrrole nitrogens is 1. The summed E-state index contributed by atoms with van der Waals surface area (Å²) < 4.78 is 1.37. The monoisotopic (exact) mass is 405 g/mol. The summed E-state index contributed by atoms with van der Waals surface area (Å²) in [5.41, 5.74) is 5.25. The van der Waals surface area contributed by atoms with Crippen LogP contribution in [0.4, 0.5) is 11.5 Å². The molecule has 0 aliphatic heterocycles. The molecule has 2 saturated carbocycles. The van der Waals surface area contributed by atoms with Gasteiger partial charge in [0.25, 0.3) is 5.56 Å². The molecule has 0 atom stereocenters. The van der Waals surface area contributed by atoms with Gasteiger partial charge in [-0.15, -0.1) is 0 Å². The molecule has 0 spiro atoms. The molecule has 0 radical (unpaired) electrons. The van der Waals surface area contributed by atoms with Gasteiger partial charge in [-0.05, 0) is 43.4 Å². The first kappa shape index (κ1) is 21.6. The van der Waals surface area contributed by atoms with Gasteiger partial charge in [0.2, 0.25) is 5.91 Å². The van der Waals surface area contributed by atoms with Crippen LogP contribution >= 0.6 is 0 Å². The Balaban J connectivity index is 1.92. The molecule has 0 bridgehead atoms. The third-order valence-electron chi connectivity index (χ3n) is 5.47. The number of rotatable bonds is 10. The molecule has 8 nitrogen and oxygen atoms in total. The van der Waals surface area contributed by atoms with Crippen LogP contribution in [0.15, 0.2) is 9.59 Å². The van der Waals surface area contributed by atoms with Crippen LogP contribution < -0.4 is 21.9 Å². The zero-order valence-electron chi connectivity index (χ0n) is 18.1. The van der Waals surface area contributed by atoms with Crippen molar-refractivity contribution in [2.45, 2.75) is 66.0 Å². The normalized spacial score (nSPS) is 16.8. The number of nitrogens with two attached hydrogens (primary N) is 1. The van der Waals surface area contributed by atoms with E-state index in [4.69, 9.17) is 5.73 Å². The highest BCUT2D eigenvalue weighted by molar-refractivity contribution is 5.96. The molecule has 1 heterocycles. The van der Waals surface area contributed by atoms with E-state index < -0.39 is 11.2 Å². The first-order valence-corrected chi connectivity index (χ1v) is 10.8. The molecule has 0 aromatic carbocycles. The first-order valence-electron chi connectivity index (χ1n) is 10.8. The number of carbonyl (C=O) groups is 1. The number of nitrogens with one attached hydrogen (secondary N) is 1. The molecule has 3 rings (SSSR count). The fourth-order valence-corrected chi connectivity index (χ4v) is 3.74. The Morgan fingerprint density at radius 1 is 1.14 bits per heavy atom. The summed E-state index contributed by atoms with van der Waals surface area (Å²) in [6, 6.07) is 0.478. The average Bonchev–Trinajstić information content (AvgIpc) is 3.50. The molecule has 2 fully saturated rings. The number of nitrogens with zero attached hydrogens (tertiary/aromatic N) is 3. The Morgan fingerprint density at radius 3 is 2.31 bits per heavy atom. The zero-order chi connectivity index (χ0) is 21.3. The Kier molecular flexibility index (Phi) is 6.51. The molecule has 1 aromatic heterocycles. The molecule has 1 aromatic rings. The van der Waals surface area contributed by atoms with Crippen LogP contribution in [0.3, 0.4) is 0 Å². The van der Waals surface area contributed by atoms with Crippen LogP contribution in [0.5, 0.6) is 0 Å². The third kappa shape index (κ3) is 5.50. The predicted octanol–water partition coefficient (Wildman–Crippen LogP) is 1.64. The van der Waals surface area contributed by atoms with E-state index in [0.29, 0.717) is 25.0 Å². The summed E-state index contributed by atoms with van der Waals surface area (Å²) in [7, 11) is 0. The quantitative estimate of drug-likeness (QED) is 0.616. The van der Waals surface area contributed by atoms with Crippen molar-refractivity contribution in [2.75, 3.05) is 30.3 Å². The molecule has 0 unspecified atom stereocenters. The summed E-state index contributed by atoms with van der Waals surface area (Å²) in [5, 5.41) is 0. The first-order chi connectivity index (χ1) is 13.7. The number of anilines is 2. The number of carbonyl (C=O) groups excluding carboxylic acids is 1. The summed E-state index contributed by atoms with van der Waals surface area (Å²) in [6.07, 6.45) is 4.73. The van der Waals surface area contributed by atoms with Crippen molar-refractivity contribution < 1.29 is 4.79 Å². The van der Waals surface area contributed by atoms with E-state index in [1.165, 1.54) is 22.3 Å². The van der Waals surface area contributed by atoms with E-state index in [0.717, 1.165) is 19.4 Å². The van der Waals surface area contributed by atoms with E-state index in [-0.39, 0.29) is 35.8 Å². The van der Waals surface area contributed by atoms with Gasteiger partial charge in [-0.2, -0.15) is 0 Å². The van der Waals surface area contributed by atoms with Gasteiger partial charge in [0.1, 0.15) is 5.82 Å². The lowest BCUT2D eigenvalue weighted by molar-refractivity contribution is -0.120. The highest BCUT2D eigenvalue weighted by atomic mass is 16.2. The highest BCUT2D eigenvalue weighted by Gasteiger charge is 2.36. The maximum absolute atomic E-state index is 13.3. The number of nitrogen functional groups attached to an aromatic ring is 1. The van der Waals surface area contributed by atoms with Gasteiger partial charge >= 0.3 is 5.69 Å². The minimum absolute atomic E-state index is 0.0709. The second-order valence-corrected chi connectivity index (χ2v) is 9.50. The molecule has 2 aliphatic carbocycles. The molecular formula is C21H35N5O3. The van der Waals surface area contributed by atoms with Crippen molar-refractivity contribution in [1.29, 1.82) is 0 Å². The van der Waals surface area contributed by atoms with E-state index in [9.17, 15) is 14.4 Å². The Labute approximate surface area is 172 Å². The SMILES string of the molecule is CC(C)CN(C(=O)CN(CC1CC1)C1CC1)c1c(N)n(CC(C)C)c(=O)[nH]c1=O. The molecule has 2 aliphatic rings. The minimum Gasteiger partial charge on any atom is -0.383 e. The number of amides is 1. The van der Waals surface area contributed by atoms with Gasteiger partial charge in [-0.25, -0.2) is 4.79 Å². The summed E-state index contributed by atoms with van der Waals surface area (Å²) >= 11 is 0. The molecule has 3 N–H and O–H groups in total. The fraction of sp³-hybridized carbons (Fsp3) is 0.762. The summed E-state index contributed by atoms with van der Waals surface area (Å²) in [6.45, 7) is 9.94. The third-order valence-corrected chi connectivity index (χ3v) is 5.47. The van der Waals surface area contributed by atoms with Gasteiger partial charge in [0.05, 0.1) is 6.54 Å². The number of aromatic nitrogens is 2. The lowest BCUT2D eigenvalue weighted by Gasteiger charge is -2.29. The largest absolute Gasteiger partial charge is 0.383 e. The van der Waals surface area contributed by atoms with Crippen LogP contribution in [0, 0.1) is 17.8 Å². The van der Waals surface area contributed by atoms with Gasteiger partial charge in [-0.1, -0.05) is 27.7 Å². The van der Waals surface area contributed by atoms with Crippen LogP contribution in [0.25, 0.3) is 0 Å². The fourth-order valence-electron chi connectivity index (χ4n) is 3.74. The Bertz CT molecular complexity index is 849. The second kappa shape index (κ2) is 8.73. The van der Waals surface area contributed by atoms with Crippen molar-refractivity contribution in [3.8, 4) is 0 Å². The number of hydrogen-bond donors (Lipinski definition) is 2. The lowest BCUT2D eigenvalue weighted by Crippen LogP contribution is -2.47. The molecule has 8 heteroatoms. The minimum atomic E-state index is -0.596. The molecule has 162 valence electrons. The summed E-state index contributed by atoms with van der Waals surface area (Å²) in [5.74, 6) is 0.969. The number of hydrogen-bond acceptors (Lipinski definition) is 5. The van der Waals surface area contributed by atoms with Crippen molar-refractivity contribution >= 4 is 17.4 Å². The van der Waals surface area contributed by atoms with Crippen molar-refractivity contribution in [1.82, 2.24) is 14.5 Å². The van der Waals surface area contributed by atoms with Gasteiger partial charge in [-0.3, -0.25) is 24.0 Å². The highest BCUT2D eigenvalue weighted by Crippen LogP contribution is 2.35. The van der Waals surface area contributed by atoms with E-state index in [1.54, 1.807) is 0 Å².